The minimum atomic E-state index is -4.98. The average molecular weight is 265 g/mol. The van der Waals surface area contributed by atoms with Crippen LogP contribution in [0.5, 0.6) is 11.5 Å². The number of aromatic hydroxyl groups is 2. The van der Waals surface area contributed by atoms with Crippen LogP contribution >= 0.6 is 0 Å². The number of hydrogen-bond donors (Lipinski definition) is 3. The summed E-state index contributed by atoms with van der Waals surface area (Å²) in [5, 5.41) is 27.0. The predicted molar refractivity (Wildman–Crippen MR) is 55.4 cm³/mol. The van der Waals surface area contributed by atoms with Crippen LogP contribution in [0.3, 0.4) is 0 Å². The molecule has 0 spiro atoms. The maximum Gasteiger partial charge on any atom is 0.485 e. The van der Waals surface area contributed by atoms with Crippen LogP contribution in [-0.2, 0) is 4.79 Å². The van der Waals surface area contributed by atoms with Gasteiger partial charge in [-0.15, -0.1) is 0 Å². The van der Waals surface area contributed by atoms with Crippen LogP contribution in [0.1, 0.15) is 6.92 Å². The van der Waals surface area contributed by atoms with Crippen molar-refractivity contribution in [3.8, 4) is 11.5 Å². The SMILES string of the molecule is C[C@@H](C(=O)O)N(c1ccc(O)cc1O)C(F)(F)F. The summed E-state index contributed by atoms with van der Waals surface area (Å²) in [6, 6.07) is 0.489. The van der Waals surface area contributed by atoms with E-state index in [0.717, 1.165) is 19.1 Å². The van der Waals surface area contributed by atoms with Gasteiger partial charge in [0.2, 0.25) is 0 Å². The molecule has 0 radical (unpaired) electrons. The second-order valence-electron chi connectivity index (χ2n) is 3.53. The Morgan fingerprint density at radius 1 is 1.33 bits per heavy atom. The Morgan fingerprint density at radius 3 is 2.28 bits per heavy atom. The highest BCUT2D eigenvalue weighted by Gasteiger charge is 2.44. The quantitative estimate of drug-likeness (QED) is 0.727. The summed E-state index contributed by atoms with van der Waals surface area (Å²) in [7, 11) is 0. The van der Waals surface area contributed by atoms with Crippen molar-refractivity contribution in [1.82, 2.24) is 0 Å². The second-order valence-corrected chi connectivity index (χ2v) is 3.53. The van der Waals surface area contributed by atoms with Crippen molar-refractivity contribution in [3.05, 3.63) is 18.2 Å². The summed E-state index contributed by atoms with van der Waals surface area (Å²) < 4.78 is 38.4. The maximum absolute atomic E-state index is 12.8. The molecule has 18 heavy (non-hydrogen) atoms. The highest BCUT2D eigenvalue weighted by Crippen LogP contribution is 2.38. The lowest BCUT2D eigenvalue weighted by Crippen LogP contribution is -2.48. The Kier molecular flexibility index (Phi) is 3.59. The molecule has 0 saturated carbocycles. The Balaban J connectivity index is 3.31. The van der Waals surface area contributed by atoms with Crippen molar-refractivity contribution < 1.29 is 33.3 Å². The van der Waals surface area contributed by atoms with Crippen molar-refractivity contribution in [2.24, 2.45) is 0 Å². The molecular formula is C10H10F3NO4. The summed E-state index contributed by atoms with van der Waals surface area (Å²) in [6.07, 6.45) is -4.98. The van der Waals surface area contributed by atoms with Gasteiger partial charge in [-0.2, -0.15) is 13.2 Å². The number of phenols is 2. The van der Waals surface area contributed by atoms with Crippen LogP contribution in [0.2, 0.25) is 0 Å². The molecule has 0 saturated heterocycles. The van der Waals surface area contributed by atoms with E-state index in [0.29, 0.717) is 6.07 Å². The van der Waals surface area contributed by atoms with E-state index in [9.17, 15) is 23.1 Å². The summed E-state index contributed by atoms with van der Waals surface area (Å²) in [5.41, 5.74) is -0.741. The number of aliphatic carboxylic acids is 1. The number of anilines is 1. The number of carbonyl (C=O) groups is 1. The number of benzene rings is 1. The average Bonchev–Trinajstić information content (AvgIpc) is 2.19. The van der Waals surface area contributed by atoms with E-state index >= 15 is 0 Å². The molecule has 5 nitrogen and oxygen atoms in total. The lowest BCUT2D eigenvalue weighted by molar-refractivity contribution is -0.153. The smallest absolute Gasteiger partial charge is 0.485 e. The van der Waals surface area contributed by atoms with Gasteiger partial charge in [0.1, 0.15) is 17.5 Å². The highest BCUT2D eigenvalue weighted by molar-refractivity contribution is 5.79. The van der Waals surface area contributed by atoms with Crippen LogP contribution in [0, 0.1) is 0 Å². The first-order valence-electron chi connectivity index (χ1n) is 4.75. The molecule has 0 aliphatic rings. The zero-order chi connectivity index (χ0) is 14.1. The minimum absolute atomic E-state index is 0.399. The molecule has 0 bridgehead atoms. The number of hydrogen-bond acceptors (Lipinski definition) is 4. The summed E-state index contributed by atoms with van der Waals surface area (Å²) >= 11 is 0. The first-order chi connectivity index (χ1) is 8.14. The summed E-state index contributed by atoms with van der Waals surface area (Å²) in [4.78, 5) is 10.3. The van der Waals surface area contributed by atoms with Crippen LogP contribution in [0.25, 0.3) is 0 Å². The third-order valence-corrected chi connectivity index (χ3v) is 2.24. The van der Waals surface area contributed by atoms with E-state index in [1.165, 1.54) is 0 Å². The molecule has 1 rings (SSSR count). The molecule has 0 fully saturated rings. The molecule has 1 atom stereocenters. The first kappa shape index (κ1) is 13.9. The second kappa shape index (κ2) is 4.63. The normalized spacial score (nSPS) is 13.1. The molecule has 3 N–H and O–H groups in total. The molecule has 8 heteroatoms. The summed E-state index contributed by atoms with van der Waals surface area (Å²) in [5.74, 6) is -2.98. The van der Waals surface area contributed by atoms with Gasteiger partial charge >= 0.3 is 12.3 Å². The third kappa shape index (κ3) is 2.76. The van der Waals surface area contributed by atoms with Crippen LogP contribution < -0.4 is 4.90 Å². The fraction of sp³-hybridized carbons (Fsp3) is 0.300. The van der Waals surface area contributed by atoms with E-state index in [2.05, 4.69) is 0 Å². The number of phenolic OH excluding ortho intramolecular Hbond substituents is 2. The van der Waals surface area contributed by atoms with Crippen molar-refractivity contribution in [2.75, 3.05) is 4.90 Å². The van der Waals surface area contributed by atoms with Gasteiger partial charge in [-0.05, 0) is 19.1 Å². The molecular weight excluding hydrogens is 255 g/mol. The van der Waals surface area contributed by atoms with Crippen molar-refractivity contribution in [2.45, 2.75) is 19.3 Å². The van der Waals surface area contributed by atoms with Gasteiger partial charge < -0.3 is 15.3 Å². The topological polar surface area (TPSA) is 81.0 Å². The highest BCUT2D eigenvalue weighted by atomic mass is 19.4. The van der Waals surface area contributed by atoms with E-state index < -0.39 is 40.4 Å². The molecule has 1 aromatic carbocycles. The van der Waals surface area contributed by atoms with Gasteiger partial charge in [0.05, 0.1) is 5.69 Å². The Bertz CT molecular complexity index is 461. The zero-order valence-electron chi connectivity index (χ0n) is 9.14. The zero-order valence-corrected chi connectivity index (χ0v) is 9.14. The lowest BCUT2D eigenvalue weighted by Gasteiger charge is -2.30. The van der Waals surface area contributed by atoms with E-state index in [1.54, 1.807) is 0 Å². The molecule has 0 unspecified atom stereocenters. The Labute approximate surface area is 99.7 Å². The van der Waals surface area contributed by atoms with Crippen molar-refractivity contribution in [1.29, 1.82) is 0 Å². The monoisotopic (exact) mass is 265 g/mol. The van der Waals surface area contributed by atoms with Crippen molar-refractivity contribution >= 4 is 11.7 Å². The van der Waals surface area contributed by atoms with E-state index in [1.807, 2.05) is 0 Å². The van der Waals surface area contributed by atoms with Gasteiger partial charge in [0.15, 0.2) is 0 Å². The molecule has 0 heterocycles. The number of rotatable bonds is 3. The summed E-state index contributed by atoms with van der Waals surface area (Å²) in [6.45, 7) is 0.835. The van der Waals surface area contributed by atoms with Crippen LogP contribution in [-0.4, -0.2) is 33.6 Å². The van der Waals surface area contributed by atoms with Crippen LogP contribution in [0.4, 0.5) is 18.9 Å². The predicted octanol–water partition coefficient (Wildman–Crippen LogP) is 1.90. The lowest BCUT2D eigenvalue weighted by atomic mass is 10.2. The molecule has 0 amide bonds. The van der Waals surface area contributed by atoms with Gasteiger partial charge in [0.25, 0.3) is 0 Å². The number of nitrogens with zero attached hydrogens (tertiary/aromatic N) is 1. The molecule has 0 aliphatic carbocycles. The molecule has 0 aliphatic heterocycles. The standard InChI is InChI=1S/C10H10F3NO4/c1-5(9(17)18)14(10(11,12)13)7-3-2-6(15)4-8(7)16/h2-5,15-16H,1H3,(H,17,18)/t5-/m0/s1. The molecule has 0 aromatic heterocycles. The van der Waals surface area contributed by atoms with Gasteiger partial charge in [-0.3, -0.25) is 4.90 Å². The molecule has 1 aromatic rings. The largest absolute Gasteiger partial charge is 0.508 e. The van der Waals surface area contributed by atoms with E-state index in [-0.39, 0.29) is 0 Å². The third-order valence-electron chi connectivity index (χ3n) is 2.24. The number of carboxylic acids is 1. The van der Waals surface area contributed by atoms with Gasteiger partial charge in [-0.25, -0.2) is 4.79 Å². The van der Waals surface area contributed by atoms with Crippen molar-refractivity contribution in [3.63, 3.8) is 0 Å². The number of carboxylic acid groups (broad SMARTS) is 1. The fourth-order valence-corrected chi connectivity index (χ4v) is 1.39. The van der Waals surface area contributed by atoms with Gasteiger partial charge in [0, 0.05) is 6.07 Å². The Morgan fingerprint density at radius 2 is 1.89 bits per heavy atom. The number of alkyl halides is 3. The number of halogens is 3. The van der Waals surface area contributed by atoms with Crippen LogP contribution in [0.15, 0.2) is 18.2 Å². The minimum Gasteiger partial charge on any atom is -0.508 e. The molecule has 100 valence electrons. The Hall–Kier alpha value is -2.12. The van der Waals surface area contributed by atoms with Gasteiger partial charge in [-0.1, -0.05) is 0 Å². The first-order valence-corrected chi connectivity index (χ1v) is 4.75. The van der Waals surface area contributed by atoms with E-state index in [4.69, 9.17) is 10.2 Å². The fourth-order valence-electron chi connectivity index (χ4n) is 1.39. The maximum atomic E-state index is 12.8.